The van der Waals surface area contributed by atoms with Crippen LogP contribution in [-0.2, 0) is 0 Å². The van der Waals surface area contributed by atoms with Gasteiger partial charge in [0.25, 0.3) is 0 Å². The third-order valence-corrected chi connectivity index (χ3v) is 34.0. The summed E-state index contributed by atoms with van der Waals surface area (Å²) in [5.41, 5.74) is 22.9. The van der Waals surface area contributed by atoms with Gasteiger partial charge in [0.05, 0.1) is 0 Å². The lowest BCUT2D eigenvalue weighted by Crippen LogP contribution is -2.65. The number of hydrogen-bond acceptors (Lipinski definition) is 0. The van der Waals surface area contributed by atoms with E-state index in [1.807, 2.05) is 119 Å². The quantitative estimate of drug-likeness (QED) is 0.227. The Labute approximate surface area is 604 Å². The largest absolute Gasteiger partial charge is 0.0738 e. The molecule has 25 aliphatic carbocycles. The van der Waals surface area contributed by atoms with Gasteiger partial charge in [0.2, 0.25) is 0 Å². The van der Waals surface area contributed by atoms with Crippen LogP contribution >= 0.6 is 0 Å². The molecule has 97 heavy (non-hydrogen) atoms. The molecule has 26 rings (SSSR count). The highest BCUT2D eigenvalue weighted by atomic mass is 14.8. The van der Waals surface area contributed by atoms with E-state index in [-0.39, 0.29) is 0 Å². The van der Waals surface area contributed by atoms with Crippen molar-refractivity contribution in [1.82, 2.24) is 0 Å². The molecular weight excluding hydrogens is 1170 g/mol. The van der Waals surface area contributed by atoms with Gasteiger partial charge >= 0.3 is 0 Å². The van der Waals surface area contributed by atoms with Gasteiger partial charge in [-0.05, 0) is 402 Å². The maximum absolute atomic E-state index is 2.50. The van der Waals surface area contributed by atoms with E-state index in [4.69, 9.17) is 0 Å². The second kappa shape index (κ2) is 33.6. The van der Waals surface area contributed by atoms with Gasteiger partial charge in [-0.2, -0.15) is 0 Å². The standard InChI is InChI=1S/C15H22.C15H24.C13H18.2C13H20.C10H14.C6H6.6C2H6/c1-8-9(2)13-6-11-4-5-12-7-14(10(8)3)15(11,12)13;1-9-10(2)14-5-12-4-13(6-14)8-15(7-12)11(9)3;1-7-8(2)12-6-10-4-3-9-5-11(7)13(9,10)12;1-8-9(2)13-6-10-3-11(7-13)5-12(8)4-10;1-8-5-11-6-10-3-4-12(11)13(7-10)9(8)2;1-5-6(2)10-7-3-4-8(10)9(5)7;1-2-4-6-5-3-1;6*1-2/h9,11-14H,4-7H2,1-3H3;10,12-15H,4-8H2,1-3H3;9-12H,3-6H2,1-2H3;2*10-13H,3-7H2,1-2H3;7-10H,3-4H2,1-2H3;1-6H;6*1-2H3/b;11-9-;;;;;;;;;;;/t9-,11?,12?,13?,14?,15?;10-,12?,13?,14?,15?;;;;;;;;;;;/m01.........../s1. The van der Waals surface area contributed by atoms with Crippen LogP contribution in [0.15, 0.2) is 103 Å². The van der Waals surface area contributed by atoms with Gasteiger partial charge in [0.15, 0.2) is 0 Å². The summed E-state index contributed by atoms with van der Waals surface area (Å²) in [4.78, 5) is 0. The van der Waals surface area contributed by atoms with Gasteiger partial charge in [-0.3, -0.25) is 0 Å². The Morgan fingerprint density at radius 1 is 0.268 bits per heavy atom. The maximum Gasteiger partial charge on any atom is -0.0109 e. The molecule has 16 saturated carbocycles. The molecule has 0 nitrogen and oxygen atoms in total. The van der Waals surface area contributed by atoms with Gasteiger partial charge < -0.3 is 0 Å². The molecule has 0 saturated heterocycles. The van der Waals surface area contributed by atoms with Crippen LogP contribution in [0, 0.1) is 165 Å². The Hall–Kier alpha value is -2.34. The molecule has 25 aliphatic rings. The van der Waals surface area contributed by atoms with Crippen LogP contribution in [0.2, 0.25) is 0 Å². The third kappa shape index (κ3) is 13.7. The Bertz CT molecular complexity index is 2770. The first-order valence-corrected chi connectivity index (χ1v) is 43.9. The van der Waals surface area contributed by atoms with E-state index >= 15 is 0 Å². The second-order valence-corrected chi connectivity index (χ2v) is 36.0. The van der Waals surface area contributed by atoms with E-state index in [1.54, 1.807) is 163 Å². The highest BCUT2D eigenvalue weighted by Gasteiger charge is 2.75. The zero-order valence-corrected chi connectivity index (χ0v) is 69.2. The minimum absolute atomic E-state index is 0.850. The van der Waals surface area contributed by atoms with Crippen LogP contribution in [-0.4, -0.2) is 0 Å². The summed E-state index contributed by atoms with van der Waals surface area (Å²) in [5, 5.41) is 0. The smallest absolute Gasteiger partial charge is 0.0109 e. The lowest BCUT2D eigenvalue weighted by molar-refractivity contribution is -0.194. The minimum atomic E-state index is 0.850. The summed E-state index contributed by atoms with van der Waals surface area (Å²) < 4.78 is 0. The van der Waals surface area contributed by atoms with Crippen molar-refractivity contribution < 1.29 is 0 Å². The topological polar surface area (TPSA) is 0 Å². The van der Waals surface area contributed by atoms with E-state index in [1.165, 1.54) is 64.2 Å². The van der Waals surface area contributed by atoms with Crippen molar-refractivity contribution in [3.63, 3.8) is 0 Å². The number of rotatable bonds is 0. The van der Waals surface area contributed by atoms with Crippen molar-refractivity contribution in [2.45, 2.75) is 341 Å². The second-order valence-electron chi connectivity index (χ2n) is 36.0. The SMILES string of the molecule is C/C1=C(\C)[C@@H](C)C2CC3CC(CC1C3)C2.CC.CC.CC.CC.CC.CC.CC1=C(C)C2C3CCC2C13.CC1=C(C)C2CC3CC(CC1C3)C2.CC1=C(C)C2CC3CCC2C(C1)C3.CC1=C(C)C2CC3CCC4CC1C432.CC1=C(C)[C@H](C)C2CC3CCC4CC1C432.c1ccccc1. The molecule has 0 heterocycles. The highest BCUT2D eigenvalue weighted by molar-refractivity contribution is 5.41. The Morgan fingerprint density at radius 3 is 1.01 bits per heavy atom. The van der Waals surface area contributed by atoms with Crippen molar-refractivity contribution in [3.8, 4) is 0 Å². The molecule has 1 aromatic rings. The molecule has 0 N–H and O–H groups in total. The number of hydrogen-bond donors (Lipinski definition) is 0. The molecule has 0 heteroatoms. The van der Waals surface area contributed by atoms with Crippen LogP contribution in [0.1, 0.15) is 341 Å². The van der Waals surface area contributed by atoms with Crippen molar-refractivity contribution in [3.05, 3.63) is 103 Å². The summed E-state index contributed by atoms with van der Waals surface area (Å²) in [5.74, 6) is 27.5. The lowest BCUT2D eigenvalue weighted by atomic mass is 9.33. The first-order chi connectivity index (χ1) is 46.9. The third-order valence-electron chi connectivity index (χ3n) is 34.0. The number of fused-ring (bicyclic) bond motifs is 3. The summed E-state index contributed by atoms with van der Waals surface area (Å²) in [7, 11) is 0. The van der Waals surface area contributed by atoms with Crippen molar-refractivity contribution in [1.29, 1.82) is 0 Å². The van der Waals surface area contributed by atoms with Crippen LogP contribution in [0.5, 0.6) is 0 Å². The van der Waals surface area contributed by atoms with Gasteiger partial charge in [-0.25, -0.2) is 0 Å². The van der Waals surface area contributed by atoms with Gasteiger partial charge in [0.1, 0.15) is 0 Å². The maximum atomic E-state index is 2.50. The zero-order chi connectivity index (χ0) is 70.9. The van der Waals surface area contributed by atoms with Crippen molar-refractivity contribution in [2.75, 3.05) is 0 Å². The molecule has 0 aromatic heterocycles. The molecule has 2 spiro atoms. The predicted molar refractivity (Wildman–Crippen MR) is 427 cm³/mol. The van der Waals surface area contributed by atoms with E-state index in [2.05, 4.69) is 96.9 Å². The predicted octanol–water partition coefficient (Wildman–Crippen LogP) is 29.8. The fourth-order valence-electron chi connectivity index (χ4n) is 29.1. The minimum Gasteiger partial charge on any atom is -0.0738 e. The molecule has 548 valence electrons. The van der Waals surface area contributed by atoms with Gasteiger partial charge in [-0.1, -0.05) is 207 Å². The molecule has 0 radical (unpaired) electrons. The molecule has 16 bridgehead atoms. The monoisotopic (exact) mass is 1330 g/mol. The van der Waals surface area contributed by atoms with Crippen molar-refractivity contribution >= 4 is 0 Å². The van der Waals surface area contributed by atoms with Crippen LogP contribution in [0.25, 0.3) is 0 Å². The van der Waals surface area contributed by atoms with E-state index in [9.17, 15) is 0 Å². The number of benzene rings is 1. The molecule has 16 fully saturated rings. The molecule has 1 aromatic carbocycles. The van der Waals surface area contributed by atoms with E-state index in [0.29, 0.717) is 0 Å². The summed E-state index contributed by atoms with van der Waals surface area (Å²) in [6.45, 7) is 57.8. The molecule has 0 aliphatic heterocycles. The Morgan fingerprint density at radius 2 is 0.608 bits per heavy atom. The highest BCUT2D eigenvalue weighted by Crippen LogP contribution is 2.82. The van der Waals surface area contributed by atoms with Gasteiger partial charge in [0, 0.05) is 0 Å². The van der Waals surface area contributed by atoms with E-state index in [0.717, 1.165) is 165 Å². The average molecular weight is 1330 g/mol. The number of allylic oxidation sites excluding steroid dienone is 12. The Balaban J connectivity index is 0.000000130. The fraction of sp³-hybridized carbons (Fsp3) is 0.814. The fourth-order valence-corrected chi connectivity index (χ4v) is 29.1. The summed E-state index contributed by atoms with van der Waals surface area (Å²) >= 11 is 0. The first-order valence-electron chi connectivity index (χ1n) is 43.9. The van der Waals surface area contributed by atoms with Gasteiger partial charge in [-0.15, -0.1) is 0 Å². The molecule has 17 atom stereocenters. The zero-order valence-electron chi connectivity index (χ0n) is 69.2. The first kappa shape index (κ1) is 78.8. The Kier molecular flexibility index (Phi) is 27.3. The van der Waals surface area contributed by atoms with Crippen molar-refractivity contribution in [2.24, 2.45) is 165 Å². The molecule has 0 amide bonds. The van der Waals surface area contributed by atoms with Crippen LogP contribution in [0.4, 0.5) is 0 Å². The normalized spacial score (nSPS) is 45.6. The summed E-state index contributed by atoms with van der Waals surface area (Å²) in [6, 6.07) is 12.0. The summed E-state index contributed by atoms with van der Waals surface area (Å²) in [6.07, 6.45) is 38.5. The van der Waals surface area contributed by atoms with Crippen LogP contribution < -0.4 is 0 Å². The lowest BCUT2D eigenvalue weighted by Gasteiger charge is -2.71. The van der Waals surface area contributed by atoms with E-state index < -0.39 is 0 Å². The molecule has 15 unspecified atom stereocenters. The van der Waals surface area contributed by atoms with Crippen LogP contribution in [0.3, 0.4) is 0 Å². The molecular formula is C97H160. The average Bonchev–Trinajstić information content (AvgIpc) is 1.56.